The van der Waals surface area contributed by atoms with Gasteiger partial charge < -0.3 is 15.8 Å². The van der Waals surface area contributed by atoms with Crippen LogP contribution in [-0.2, 0) is 17.6 Å². The van der Waals surface area contributed by atoms with Crippen molar-refractivity contribution < 1.29 is 18.7 Å². The number of nitrogens with one attached hydrogen (secondary N) is 1. The smallest absolute Gasteiger partial charge is 0.248 e. The van der Waals surface area contributed by atoms with Crippen LogP contribution >= 0.6 is 11.3 Å². The van der Waals surface area contributed by atoms with Crippen molar-refractivity contribution in [2.45, 2.75) is 18.9 Å². The lowest BCUT2D eigenvalue weighted by molar-refractivity contribution is -0.120. The molecule has 0 fully saturated rings. The minimum atomic E-state index is -0.504. The summed E-state index contributed by atoms with van der Waals surface area (Å²) in [5.74, 6) is -0.445. The van der Waals surface area contributed by atoms with E-state index in [4.69, 9.17) is 10.5 Å². The Morgan fingerprint density at radius 1 is 1.17 bits per heavy atom. The monoisotopic (exact) mass is 410 g/mol. The second kappa shape index (κ2) is 8.05. The van der Waals surface area contributed by atoms with Gasteiger partial charge in [-0.2, -0.15) is 11.3 Å². The number of amides is 2. The van der Waals surface area contributed by atoms with Crippen molar-refractivity contribution in [3.05, 3.63) is 75.7 Å². The summed E-state index contributed by atoms with van der Waals surface area (Å²) in [4.78, 5) is 23.4. The number of hydrogen-bond acceptors (Lipinski definition) is 4. The Hall–Kier alpha value is -3.19. The van der Waals surface area contributed by atoms with Gasteiger partial charge in [0.1, 0.15) is 17.7 Å². The molecule has 3 aromatic rings. The standard InChI is InChI=1S/C22H19FN2O3S/c23-19-6-5-17(14-1-3-15(4-2-14)22(24)27)21-18(19)10-16(28-21)11-25-20(26)9-13-7-8-29-12-13/h1-8,12,16H,9-11H2,(H2,24,27)(H,25,26). The SMILES string of the molecule is NC(=O)c1ccc(-c2ccc(F)c3c2OC(CNC(=O)Cc2ccsc2)C3)cc1. The number of carbonyl (C=O) groups excluding carboxylic acids is 2. The van der Waals surface area contributed by atoms with Gasteiger partial charge in [-0.05, 0) is 52.2 Å². The van der Waals surface area contributed by atoms with Crippen LogP contribution in [0.15, 0.2) is 53.2 Å². The molecule has 0 bridgehead atoms. The number of ether oxygens (including phenoxy) is 1. The molecule has 4 rings (SSSR count). The molecule has 29 heavy (non-hydrogen) atoms. The van der Waals surface area contributed by atoms with E-state index >= 15 is 0 Å². The first-order valence-corrected chi connectivity index (χ1v) is 10.1. The summed E-state index contributed by atoms with van der Waals surface area (Å²) in [5, 5.41) is 6.73. The van der Waals surface area contributed by atoms with Crippen LogP contribution in [0.2, 0.25) is 0 Å². The third-order valence-electron chi connectivity index (χ3n) is 4.87. The van der Waals surface area contributed by atoms with Gasteiger partial charge >= 0.3 is 0 Å². The minimum Gasteiger partial charge on any atom is -0.487 e. The van der Waals surface area contributed by atoms with Crippen LogP contribution in [-0.4, -0.2) is 24.5 Å². The molecule has 5 nitrogen and oxygen atoms in total. The summed E-state index contributed by atoms with van der Waals surface area (Å²) in [6, 6.07) is 11.8. The summed E-state index contributed by atoms with van der Waals surface area (Å²) >= 11 is 1.55. The topological polar surface area (TPSA) is 81.4 Å². The highest BCUT2D eigenvalue weighted by atomic mass is 32.1. The maximum absolute atomic E-state index is 14.4. The van der Waals surface area contributed by atoms with Crippen molar-refractivity contribution in [1.29, 1.82) is 0 Å². The minimum absolute atomic E-state index is 0.0920. The van der Waals surface area contributed by atoms with E-state index in [0.717, 1.165) is 16.7 Å². The van der Waals surface area contributed by atoms with Gasteiger partial charge in [0.15, 0.2) is 0 Å². The van der Waals surface area contributed by atoms with E-state index in [9.17, 15) is 14.0 Å². The van der Waals surface area contributed by atoms with Gasteiger partial charge in [-0.3, -0.25) is 9.59 Å². The van der Waals surface area contributed by atoms with E-state index in [1.54, 1.807) is 41.7 Å². The third kappa shape index (κ3) is 4.14. The van der Waals surface area contributed by atoms with Gasteiger partial charge in [0.05, 0.1) is 13.0 Å². The number of thiophene rings is 1. The van der Waals surface area contributed by atoms with Crippen molar-refractivity contribution in [3.63, 3.8) is 0 Å². The molecule has 7 heteroatoms. The molecule has 0 radical (unpaired) electrons. The second-order valence-corrected chi connectivity index (χ2v) is 7.68. The largest absolute Gasteiger partial charge is 0.487 e. The number of carbonyl (C=O) groups is 2. The highest BCUT2D eigenvalue weighted by Gasteiger charge is 2.29. The Morgan fingerprint density at radius 3 is 2.66 bits per heavy atom. The fourth-order valence-corrected chi connectivity index (χ4v) is 4.06. The summed E-state index contributed by atoms with van der Waals surface area (Å²) in [7, 11) is 0. The van der Waals surface area contributed by atoms with E-state index in [0.29, 0.717) is 36.3 Å². The fourth-order valence-electron chi connectivity index (χ4n) is 3.39. The molecule has 1 aliphatic rings. The lowest BCUT2D eigenvalue weighted by Crippen LogP contribution is -2.35. The average Bonchev–Trinajstić information content (AvgIpc) is 3.37. The highest BCUT2D eigenvalue weighted by molar-refractivity contribution is 7.08. The Balaban J connectivity index is 1.47. The molecule has 148 valence electrons. The Morgan fingerprint density at radius 2 is 1.97 bits per heavy atom. The van der Waals surface area contributed by atoms with Gasteiger partial charge in [-0.1, -0.05) is 12.1 Å². The molecular weight excluding hydrogens is 391 g/mol. The summed E-state index contributed by atoms with van der Waals surface area (Å²) in [6.45, 7) is 0.303. The predicted molar refractivity (Wildman–Crippen MR) is 110 cm³/mol. The Bertz CT molecular complexity index is 1050. The first-order chi connectivity index (χ1) is 14.0. The van der Waals surface area contributed by atoms with Crippen molar-refractivity contribution in [2.24, 2.45) is 5.73 Å². The second-order valence-electron chi connectivity index (χ2n) is 6.90. The predicted octanol–water partition coefficient (Wildman–Crippen LogP) is 3.32. The zero-order valence-corrected chi connectivity index (χ0v) is 16.3. The molecule has 1 aliphatic heterocycles. The van der Waals surface area contributed by atoms with Gasteiger partial charge in [-0.15, -0.1) is 0 Å². The number of primary amides is 1. The highest BCUT2D eigenvalue weighted by Crippen LogP contribution is 2.40. The van der Waals surface area contributed by atoms with Crippen LogP contribution < -0.4 is 15.8 Å². The molecule has 1 unspecified atom stereocenters. The molecule has 2 amide bonds. The van der Waals surface area contributed by atoms with Crippen molar-refractivity contribution in [3.8, 4) is 16.9 Å². The molecule has 0 saturated carbocycles. The number of fused-ring (bicyclic) bond motifs is 1. The molecule has 0 saturated heterocycles. The third-order valence-corrected chi connectivity index (χ3v) is 5.60. The lowest BCUT2D eigenvalue weighted by atomic mass is 9.99. The normalized spacial score (nSPS) is 14.9. The molecular formula is C22H19FN2O3S. The molecule has 3 N–H and O–H groups in total. The first kappa shape index (κ1) is 19.1. The summed E-state index contributed by atoms with van der Waals surface area (Å²) < 4.78 is 20.3. The average molecular weight is 410 g/mol. The van der Waals surface area contributed by atoms with E-state index in [-0.39, 0.29) is 17.8 Å². The van der Waals surface area contributed by atoms with Crippen LogP contribution in [0.3, 0.4) is 0 Å². The number of nitrogens with two attached hydrogens (primary N) is 1. The zero-order chi connectivity index (χ0) is 20.4. The first-order valence-electron chi connectivity index (χ1n) is 9.17. The molecule has 1 atom stereocenters. The zero-order valence-electron chi connectivity index (χ0n) is 15.5. The van der Waals surface area contributed by atoms with Gasteiger partial charge in [0, 0.05) is 23.1 Å². The molecule has 2 heterocycles. The van der Waals surface area contributed by atoms with Gasteiger partial charge in [0.2, 0.25) is 11.8 Å². The van der Waals surface area contributed by atoms with Crippen LogP contribution in [0.25, 0.3) is 11.1 Å². The van der Waals surface area contributed by atoms with E-state index in [2.05, 4.69) is 5.32 Å². The number of hydrogen-bond donors (Lipinski definition) is 2. The van der Waals surface area contributed by atoms with E-state index < -0.39 is 5.91 Å². The number of rotatable bonds is 6. The number of benzene rings is 2. The van der Waals surface area contributed by atoms with Gasteiger partial charge in [-0.25, -0.2) is 4.39 Å². The summed E-state index contributed by atoms with van der Waals surface area (Å²) in [6.07, 6.45) is 0.360. The van der Waals surface area contributed by atoms with Crippen LogP contribution in [0.5, 0.6) is 5.75 Å². The van der Waals surface area contributed by atoms with Crippen LogP contribution in [0.1, 0.15) is 21.5 Å². The molecule has 0 aliphatic carbocycles. The molecule has 2 aromatic carbocycles. The van der Waals surface area contributed by atoms with Crippen LogP contribution in [0.4, 0.5) is 4.39 Å². The Kier molecular flexibility index (Phi) is 5.31. The molecule has 1 aromatic heterocycles. The molecule has 0 spiro atoms. The Labute approximate surface area is 171 Å². The summed E-state index contributed by atoms with van der Waals surface area (Å²) in [5.41, 5.74) is 8.69. The number of halogens is 1. The van der Waals surface area contributed by atoms with Crippen molar-refractivity contribution in [2.75, 3.05) is 6.54 Å². The van der Waals surface area contributed by atoms with E-state index in [1.165, 1.54) is 6.07 Å². The van der Waals surface area contributed by atoms with Crippen molar-refractivity contribution >= 4 is 23.2 Å². The quantitative estimate of drug-likeness (QED) is 0.654. The lowest BCUT2D eigenvalue weighted by Gasteiger charge is -2.14. The fraction of sp³-hybridized carbons (Fsp3) is 0.182. The van der Waals surface area contributed by atoms with Crippen LogP contribution in [0, 0.1) is 5.82 Å². The van der Waals surface area contributed by atoms with Gasteiger partial charge in [0.25, 0.3) is 0 Å². The van der Waals surface area contributed by atoms with E-state index in [1.807, 2.05) is 16.8 Å². The maximum atomic E-state index is 14.4. The van der Waals surface area contributed by atoms with Crippen molar-refractivity contribution in [1.82, 2.24) is 5.32 Å². The maximum Gasteiger partial charge on any atom is 0.248 e.